The van der Waals surface area contributed by atoms with Crippen molar-refractivity contribution in [1.82, 2.24) is 5.32 Å². The van der Waals surface area contributed by atoms with Crippen LogP contribution in [0.4, 0.5) is 13.2 Å². The lowest BCUT2D eigenvalue weighted by Crippen LogP contribution is -2.26. The van der Waals surface area contributed by atoms with Gasteiger partial charge in [0.05, 0.1) is 5.56 Å². The topological polar surface area (TPSA) is 29.1 Å². The highest BCUT2D eigenvalue weighted by atomic mass is 19.4. The second-order valence-electron chi connectivity index (χ2n) is 5.01. The molecule has 2 aromatic carbocycles. The lowest BCUT2D eigenvalue weighted by Gasteiger charge is -2.10. The van der Waals surface area contributed by atoms with Crippen molar-refractivity contribution < 1.29 is 18.0 Å². The van der Waals surface area contributed by atoms with E-state index in [-0.39, 0.29) is 5.56 Å². The van der Waals surface area contributed by atoms with Crippen LogP contribution in [0.25, 0.3) is 0 Å². The van der Waals surface area contributed by atoms with Crippen molar-refractivity contribution in [2.45, 2.75) is 19.5 Å². The first-order valence-corrected chi connectivity index (χ1v) is 6.88. The van der Waals surface area contributed by atoms with E-state index in [2.05, 4.69) is 5.32 Å². The summed E-state index contributed by atoms with van der Waals surface area (Å²) < 4.78 is 37.9. The van der Waals surface area contributed by atoms with Gasteiger partial charge in [-0.25, -0.2) is 0 Å². The standard InChI is InChI=1S/C17H16F3NO/c1-12-5-2-3-6-13(12)9-10-21-16(22)14-7-4-8-15(11-14)17(18,19)20/h2-8,11H,9-10H2,1H3,(H,21,22). The van der Waals surface area contributed by atoms with Gasteiger partial charge in [-0.3, -0.25) is 4.79 Å². The van der Waals surface area contributed by atoms with Crippen molar-refractivity contribution in [3.63, 3.8) is 0 Å². The molecule has 0 saturated heterocycles. The number of nitrogens with one attached hydrogen (secondary N) is 1. The number of benzene rings is 2. The van der Waals surface area contributed by atoms with Gasteiger partial charge in [-0.05, 0) is 42.7 Å². The fourth-order valence-corrected chi connectivity index (χ4v) is 2.14. The van der Waals surface area contributed by atoms with Crippen molar-refractivity contribution in [3.8, 4) is 0 Å². The zero-order valence-corrected chi connectivity index (χ0v) is 12.1. The van der Waals surface area contributed by atoms with Gasteiger partial charge in [0.25, 0.3) is 5.91 Å². The molecule has 0 radical (unpaired) electrons. The number of rotatable bonds is 4. The largest absolute Gasteiger partial charge is 0.416 e. The molecule has 0 aliphatic rings. The summed E-state index contributed by atoms with van der Waals surface area (Å²) in [6, 6.07) is 12.2. The highest BCUT2D eigenvalue weighted by molar-refractivity contribution is 5.94. The van der Waals surface area contributed by atoms with E-state index >= 15 is 0 Å². The molecule has 1 amide bonds. The summed E-state index contributed by atoms with van der Waals surface area (Å²) in [5.74, 6) is -0.500. The molecule has 0 atom stereocenters. The lowest BCUT2D eigenvalue weighted by molar-refractivity contribution is -0.137. The van der Waals surface area contributed by atoms with E-state index < -0.39 is 17.6 Å². The molecule has 0 heterocycles. The third-order valence-electron chi connectivity index (χ3n) is 3.39. The van der Waals surface area contributed by atoms with Gasteiger partial charge in [0.1, 0.15) is 0 Å². The van der Waals surface area contributed by atoms with Gasteiger partial charge in [0, 0.05) is 12.1 Å². The molecule has 0 fully saturated rings. The summed E-state index contributed by atoms with van der Waals surface area (Å²) in [6.07, 6.45) is -3.81. The van der Waals surface area contributed by atoms with Crippen molar-refractivity contribution in [1.29, 1.82) is 0 Å². The number of hydrogen-bond donors (Lipinski definition) is 1. The zero-order valence-electron chi connectivity index (χ0n) is 12.1. The van der Waals surface area contributed by atoms with Crippen LogP contribution in [0.15, 0.2) is 48.5 Å². The first-order valence-electron chi connectivity index (χ1n) is 6.88. The van der Waals surface area contributed by atoms with Gasteiger partial charge in [-0.15, -0.1) is 0 Å². The quantitative estimate of drug-likeness (QED) is 0.909. The van der Waals surface area contributed by atoms with Gasteiger partial charge in [-0.1, -0.05) is 30.3 Å². The number of hydrogen-bond acceptors (Lipinski definition) is 1. The molecule has 2 nitrogen and oxygen atoms in total. The summed E-state index contributed by atoms with van der Waals surface area (Å²) in [5.41, 5.74) is 1.42. The molecule has 0 aliphatic carbocycles. The maximum Gasteiger partial charge on any atom is 0.416 e. The Morgan fingerprint density at radius 2 is 1.82 bits per heavy atom. The Hall–Kier alpha value is -2.30. The second-order valence-corrected chi connectivity index (χ2v) is 5.01. The smallest absolute Gasteiger partial charge is 0.352 e. The van der Waals surface area contributed by atoms with Crippen molar-refractivity contribution in [3.05, 3.63) is 70.8 Å². The van der Waals surface area contributed by atoms with Crippen LogP contribution in [-0.2, 0) is 12.6 Å². The van der Waals surface area contributed by atoms with Gasteiger partial charge in [0.15, 0.2) is 0 Å². The minimum atomic E-state index is -4.45. The van der Waals surface area contributed by atoms with E-state index in [9.17, 15) is 18.0 Å². The minimum absolute atomic E-state index is 0.0135. The summed E-state index contributed by atoms with van der Waals surface area (Å²) in [7, 11) is 0. The second kappa shape index (κ2) is 6.64. The van der Waals surface area contributed by atoms with E-state index in [0.29, 0.717) is 13.0 Å². The van der Waals surface area contributed by atoms with E-state index in [1.807, 2.05) is 31.2 Å². The minimum Gasteiger partial charge on any atom is -0.352 e. The van der Waals surface area contributed by atoms with Gasteiger partial charge in [-0.2, -0.15) is 13.2 Å². The average Bonchev–Trinajstić information content (AvgIpc) is 2.48. The van der Waals surface area contributed by atoms with Gasteiger partial charge in [0.2, 0.25) is 0 Å². The Morgan fingerprint density at radius 3 is 2.50 bits per heavy atom. The normalized spacial score (nSPS) is 11.3. The van der Waals surface area contributed by atoms with Gasteiger partial charge >= 0.3 is 6.18 Å². The third kappa shape index (κ3) is 4.10. The van der Waals surface area contributed by atoms with Crippen molar-refractivity contribution in [2.75, 3.05) is 6.54 Å². The maximum atomic E-state index is 12.6. The van der Waals surface area contributed by atoms with Crippen LogP contribution >= 0.6 is 0 Å². The van der Waals surface area contributed by atoms with Crippen LogP contribution in [0.5, 0.6) is 0 Å². The maximum absolute atomic E-state index is 12.6. The van der Waals surface area contributed by atoms with Crippen LogP contribution < -0.4 is 5.32 Å². The molecule has 0 aliphatic heterocycles. The van der Waals surface area contributed by atoms with E-state index in [1.54, 1.807) is 0 Å². The fraction of sp³-hybridized carbons (Fsp3) is 0.235. The molecule has 22 heavy (non-hydrogen) atoms. The Balaban J connectivity index is 1.97. The van der Waals surface area contributed by atoms with Crippen LogP contribution in [0.2, 0.25) is 0 Å². The first kappa shape index (κ1) is 16.1. The van der Waals surface area contributed by atoms with Crippen LogP contribution in [-0.4, -0.2) is 12.5 Å². The van der Waals surface area contributed by atoms with Gasteiger partial charge < -0.3 is 5.32 Å². The third-order valence-corrected chi connectivity index (χ3v) is 3.39. The molecular formula is C17H16F3NO. The van der Waals surface area contributed by atoms with E-state index in [4.69, 9.17) is 0 Å². The van der Waals surface area contributed by atoms with Crippen LogP contribution in [0.1, 0.15) is 27.0 Å². The summed E-state index contributed by atoms with van der Waals surface area (Å²) in [4.78, 5) is 11.9. The first-order chi connectivity index (χ1) is 10.4. The number of aryl methyl sites for hydroxylation is 1. The monoisotopic (exact) mass is 307 g/mol. The summed E-state index contributed by atoms with van der Waals surface area (Å²) in [6.45, 7) is 2.35. The Bertz CT molecular complexity index is 665. The summed E-state index contributed by atoms with van der Waals surface area (Å²) in [5, 5.41) is 2.65. The average molecular weight is 307 g/mol. The number of carbonyl (C=O) groups excluding carboxylic acids is 1. The number of alkyl halides is 3. The fourth-order valence-electron chi connectivity index (χ4n) is 2.14. The molecule has 0 saturated carbocycles. The number of amides is 1. The molecule has 0 unspecified atom stereocenters. The molecule has 0 aromatic heterocycles. The molecule has 1 N–H and O–H groups in total. The highest BCUT2D eigenvalue weighted by Gasteiger charge is 2.30. The van der Waals surface area contributed by atoms with Crippen LogP contribution in [0.3, 0.4) is 0 Å². The Morgan fingerprint density at radius 1 is 1.09 bits per heavy atom. The lowest BCUT2D eigenvalue weighted by atomic mass is 10.1. The Labute approximate surface area is 127 Å². The highest BCUT2D eigenvalue weighted by Crippen LogP contribution is 2.29. The van der Waals surface area contributed by atoms with Crippen LogP contribution in [0, 0.1) is 6.92 Å². The number of halogens is 3. The number of carbonyl (C=O) groups is 1. The molecule has 0 bridgehead atoms. The molecule has 2 aromatic rings. The van der Waals surface area contributed by atoms with Crippen molar-refractivity contribution in [2.24, 2.45) is 0 Å². The predicted octanol–water partition coefficient (Wildman–Crippen LogP) is 3.99. The molecule has 5 heteroatoms. The summed E-state index contributed by atoms with van der Waals surface area (Å²) >= 11 is 0. The predicted molar refractivity (Wildman–Crippen MR) is 78.7 cm³/mol. The molecule has 2 rings (SSSR count). The van der Waals surface area contributed by atoms with Crippen molar-refractivity contribution >= 4 is 5.91 Å². The van der Waals surface area contributed by atoms with E-state index in [1.165, 1.54) is 12.1 Å². The Kier molecular flexibility index (Phi) is 4.85. The molecular weight excluding hydrogens is 291 g/mol. The molecule has 116 valence electrons. The van der Waals surface area contributed by atoms with E-state index in [0.717, 1.165) is 23.3 Å². The zero-order chi connectivity index (χ0) is 16.2. The SMILES string of the molecule is Cc1ccccc1CCNC(=O)c1cccc(C(F)(F)F)c1. The molecule has 0 spiro atoms.